The Bertz CT molecular complexity index is 938. The highest BCUT2D eigenvalue weighted by atomic mass is 19.2. The lowest BCUT2D eigenvalue weighted by Crippen LogP contribution is -2.42. The first-order valence-electron chi connectivity index (χ1n) is 8.86. The van der Waals surface area contributed by atoms with Crippen LogP contribution in [-0.2, 0) is 11.3 Å². The monoisotopic (exact) mass is 424 g/mol. The number of hydrogen-bond donors (Lipinski definition) is 2. The van der Waals surface area contributed by atoms with Gasteiger partial charge in [-0.05, 0) is 24.3 Å². The van der Waals surface area contributed by atoms with Crippen LogP contribution in [-0.4, -0.2) is 51.6 Å². The summed E-state index contributed by atoms with van der Waals surface area (Å²) in [5.41, 5.74) is 0.407. The second-order valence-electron chi connectivity index (χ2n) is 6.21. The summed E-state index contributed by atoms with van der Waals surface area (Å²) in [5.74, 6) is -3.43. The summed E-state index contributed by atoms with van der Waals surface area (Å²) < 4.78 is 50.5. The molecule has 0 spiro atoms. The molecule has 0 radical (unpaired) electrons. The molecule has 0 unspecified atom stereocenters. The molecule has 30 heavy (non-hydrogen) atoms. The molecule has 7 nitrogen and oxygen atoms in total. The maximum absolute atomic E-state index is 13.7. The lowest BCUT2D eigenvalue weighted by atomic mass is 10.2. The summed E-state index contributed by atoms with van der Waals surface area (Å²) in [6.45, 7) is 0.140. The molecule has 2 N–H and O–H groups in total. The third-order valence-electron chi connectivity index (χ3n) is 4.19. The maximum Gasteiger partial charge on any atom is 0.243 e. The van der Waals surface area contributed by atoms with Gasteiger partial charge in [0.2, 0.25) is 5.91 Å². The predicted molar refractivity (Wildman–Crippen MR) is 107 cm³/mol. The molecule has 0 saturated carbocycles. The number of halogens is 3. The molecule has 0 bridgehead atoms. The number of benzene rings is 2. The lowest BCUT2D eigenvalue weighted by molar-refractivity contribution is -0.115. The molecule has 0 atom stereocenters. The van der Waals surface area contributed by atoms with E-state index in [0.717, 1.165) is 17.7 Å². The number of nitrogens with one attached hydrogen (secondary N) is 2. The number of anilines is 1. The molecular formula is C20H23F3N4O3. The van der Waals surface area contributed by atoms with Crippen molar-refractivity contribution in [3.05, 3.63) is 53.3 Å². The average Bonchev–Trinajstić information content (AvgIpc) is 2.74. The second kappa shape index (κ2) is 10.4. The molecule has 0 aliphatic rings. The van der Waals surface area contributed by atoms with E-state index in [2.05, 4.69) is 15.6 Å². The number of carbonyl (C=O) groups is 1. The Morgan fingerprint density at radius 3 is 2.47 bits per heavy atom. The molecule has 2 aromatic carbocycles. The van der Waals surface area contributed by atoms with Crippen molar-refractivity contribution in [2.75, 3.05) is 40.2 Å². The molecule has 0 saturated heterocycles. The summed E-state index contributed by atoms with van der Waals surface area (Å²) in [7, 11) is 6.40. The quantitative estimate of drug-likeness (QED) is 0.406. The van der Waals surface area contributed by atoms with Gasteiger partial charge in [-0.15, -0.1) is 0 Å². The smallest absolute Gasteiger partial charge is 0.243 e. The Balaban J connectivity index is 1.98. The number of hydrogen-bond acceptors (Lipinski definition) is 4. The Kier molecular flexibility index (Phi) is 7.90. The number of amides is 1. The van der Waals surface area contributed by atoms with Gasteiger partial charge in [0.1, 0.15) is 11.5 Å². The zero-order valence-corrected chi connectivity index (χ0v) is 17.1. The van der Waals surface area contributed by atoms with Gasteiger partial charge in [0, 0.05) is 32.3 Å². The van der Waals surface area contributed by atoms with Crippen LogP contribution in [0.3, 0.4) is 0 Å². The number of guanidine groups is 1. The van der Waals surface area contributed by atoms with Gasteiger partial charge in [-0.2, -0.15) is 0 Å². The molecule has 0 aromatic heterocycles. The molecule has 2 rings (SSSR count). The number of methoxy groups -OCH3 is 2. The van der Waals surface area contributed by atoms with Crippen molar-refractivity contribution >= 4 is 17.6 Å². The third kappa shape index (κ3) is 5.56. The van der Waals surface area contributed by atoms with Crippen molar-refractivity contribution in [2.45, 2.75) is 6.54 Å². The van der Waals surface area contributed by atoms with Gasteiger partial charge < -0.3 is 25.0 Å². The van der Waals surface area contributed by atoms with Crippen LogP contribution in [0, 0.1) is 17.5 Å². The van der Waals surface area contributed by atoms with E-state index >= 15 is 0 Å². The van der Waals surface area contributed by atoms with Crippen LogP contribution in [0.5, 0.6) is 11.5 Å². The maximum atomic E-state index is 13.7. The van der Waals surface area contributed by atoms with E-state index in [1.165, 1.54) is 7.05 Å². The molecule has 162 valence electrons. The molecule has 10 heteroatoms. The summed E-state index contributed by atoms with van der Waals surface area (Å²) in [6, 6.07) is 7.08. The van der Waals surface area contributed by atoms with Crippen LogP contribution in [0.15, 0.2) is 35.3 Å². The Morgan fingerprint density at radius 1 is 1.10 bits per heavy atom. The lowest BCUT2D eigenvalue weighted by Gasteiger charge is -2.23. The molecule has 0 aliphatic heterocycles. The Morgan fingerprint density at radius 2 is 1.83 bits per heavy atom. The van der Waals surface area contributed by atoms with Gasteiger partial charge in [-0.3, -0.25) is 9.79 Å². The van der Waals surface area contributed by atoms with Gasteiger partial charge in [0.15, 0.2) is 23.4 Å². The van der Waals surface area contributed by atoms with Crippen molar-refractivity contribution in [3.63, 3.8) is 0 Å². The Hall–Kier alpha value is -3.43. The van der Waals surface area contributed by atoms with Gasteiger partial charge in [0.05, 0.1) is 26.5 Å². The number of nitrogens with zero attached hydrogens (tertiary/aromatic N) is 2. The summed E-state index contributed by atoms with van der Waals surface area (Å²) in [4.78, 5) is 17.9. The van der Waals surface area contributed by atoms with E-state index < -0.39 is 29.0 Å². The van der Waals surface area contributed by atoms with E-state index in [9.17, 15) is 18.0 Å². The molecule has 0 fully saturated rings. The number of rotatable bonds is 7. The fourth-order valence-electron chi connectivity index (χ4n) is 2.67. The minimum Gasteiger partial charge on any atom is -0.497 e. The molecule has 2 aromatic rings. The zero-order valence-electron chi connectivity index (χ0n) is 17.1. The van der Waals surface area contributed by atoms with Gasteiger partial charge in [-0.25, -0.2) is 13.2 Å². The largest absolute Gasteiger partial charge is 0.497 e. The van der Waals surface area contributed by atoms with Crippen LogP contribution in [0.4, 0.5) is 18.9 Å². The van der Waals surface area contributed by atoms with Crippen molar-refractivity contribution in [2.24, 2.45) is 4.99 Å². The molecule has 1 amide bonds. The minimum absolute atomic E-state index is 0.269. The van der Waals surface area contributed by atoms with Crippen LogP contribution >= 0.6 is 0 Å². The highest BCUT2D eigenvalue weighted by Gasteiger charge is 2.16. The fourth-order valence-corrected chi connectivity index (χ4v) is 2.67. The number of ether oxygens (including phenoxy) is 2. The molecular weight excluding hydrogens is 401 g/mol. The SMILES string of the molecule is CN=C(NCC(=O)Nc1ccc(F)c(F)c1F)N(C)Cc1ccc(OC)cc1OC. The van der Waals surface area contributed by atoms with Gasteiger partial charge >= 0.3 is 0 Å². The predicted octanol–water partition coefficient (Wildman–Crippen LogP) is 2.77. The Labute approximate surface area is 172 Å². The first kappa shape index (κ1) is 22.9. The summed E-state index contributed by atoms with van der Waals surface area (Å²) in [5, 5.41) is 5.01. The van der Waals surface area contributed by atoms with Gasteiger partial charge in [0.25, 0.3) is 0 Å². The third-order valence-corrected chi connectivity index (χ3v) is 4.19. The van der Waals surface area contributed by atoms with E-state index in [0.29, 0.717) is 24.0 Å². The van der Waals surface area contributed by atoms with Gasteiger partial charge in [-0.1, -0.05) is 0 Å². The van der Waals surface area contributed by atoms with Crippen molar-refractivity contribution < 1.29 is 27.4 Å². The highest BCUT2D eigenvalue weighted by Crippen LogP contribution is 2.25. The standard InChI is InChI=1S/C20H23F3N4O3/c1-24-20(27(2)11-12-5-6-13(29-3)9-16(12)30-4)25-10-17(28)26-15-8-7-14(21)18(22)19(15)23/h5-9H,10-11H2,1-4H3,(H,24,25)(H,26,28). The number of carbonyl (C=O) groups excluding carboxylic acids is 1. The van der Waals surface area contributed by atoms with Crippen molar-refractivity contribution in [1.82, 2.24) is 10.2 Å². The van der Waals surface area contributed by atoms with Crippen LogP contribution in [0.2, 0.25) is 0 Å². The van der Waals surface area contributed by atoms with Crippen molar-refractivity contribution in [1.29, 1.82) is 0 Å². The van der Waals surface area contributed by atoms with Crippen LogP contribution in [0.25, 0.3) is 0 Å². The van der Waals surface area contributed by atoms with Crippen LogP contribution in [0.1, 0.15) is 5.56 Å². The first-order chi connectivity index (χ1) is 14.3. The number of aliphatic imine (C=N–C) groups is 1. The molecule has 0 heterocycles. The first-order valence-corrected chi connectivity index (χ1v) is 8.86. The van der Waals surface area contributed by atoms with E-state index in [1.54, 1.807) is 38.3 Å². The van der Waals surface area contributed by atoms with Crippen LogP contribution < -0.4 is 20.1 Å². The fraction of sp³-hybridized carbons (Fsp3) is 0.300. The van der Waals surface area contributed by atoms with Crippen molar-refractivity contribution in [3.8, 4) is 11.5 Å². The molecule has 0 aliphatic carbocycles. The van der Waals surface area contributed by atoms with E-state index in [1.807, 2.05) is 6.07 Å². The summed E-state index contributed by atoms with van der Waals surface area (Å²) in [6.07, 6.45) is 0. The normalized spacial score (nSPS) is 11.1. The topological polar surface area (TPSA) is 75.2 Å². The second-order valence-corrected chi connectivity index (χ2v) is 6.21. The minimum atomic E-state index is -1.65. The van der Waals surface area contributed by atoms with E-state index in [4.69, 9.17) is 9.47 Å². The van der Waals surface area contributed by atoms with E-state index in [-0.39, 0.29) is 6.54 Å². The average molecular weight is 424 g/mol. The highest BCUT2D eigenvalue weighted by molar-refractivity contribution is 5.95. The zero-order chi connectivity index (χ0) is 22.3. The summed E-state index contributed by atoms with van der Waals surface area (Å²) >= 11 is 0.